The number of hydrogen-bond donors (Lipinski definition) is 0. The minimum Gasteiger partial charge on any atom is -0.471 e. The molecular weight excluding hydrogens is 286 g/mol. The first-order chi connectivity index (χ1) is 8.19. The third kappa shape index (κ3) is 3.05. The second kappa shape index (κ2) is 5.29. The lowest BCUT2D eigenvalue weighted by Crippen LogP contribution is -2.22. The second-order valence-corrected chi connectivity index (χ2v) is 4.67. The molecule has 1 fully saturated rings. The molecule has 5 nitrogen and oxygen atoms in total. The maximum absolute atomic E-state index is 10.2. The van der Waals surface area contributed by atoms with E-state index >= 15 is 0 Å². The van der Waals surface area contributed by atoms with Gasteiger partial charge in [-0.1, -0.05) is 0 Å². The molecule has 0 spiro atoms. The molecule has 1 aliphatic rings. The normalized spacial score (nSPS) is 18.9. The maximum Gasteiger partial charge on any atom is 0.235 e. The van der Waals surface area contributed by atoms with Gasteiger partial charge < -0.3 is 9.64 Å². The Morgan fingerprint density at radius 3 is 3.24 bits per heavy atom. The molecule has 6 heteroatoms. The first-order valence-corrected chi connectivity index (χ1v) is 6.09. The fraction of sp³-hybridized carbons (Fsp3) is 0.455. The number of aryl methyl sites for hydroxylation is 1. The monoisotopic (exact) mass is 297 g/mol. The van der Waals surface area contributed by atoms with Crippen molar-refractivity contribution in [3.63, 3.8) is 0 Å². The topological polar surface area (TPSA) is 55.3 Å². The Hall–Kier alpha value is -1.39. The molecule has 0 aromatic carbocycles. The van der Waals surface area contributed by atoms with E-state index in [0.717, 1.165) is 18.7 Å². The highest BCUT2D eigenvalue weighted by Gasteiger charge is 2.23. The molecular formula is C11H12BrN3O2. The van der Waals surface area contributed by atoms with E-state index in [2.05, 4.69) is 25.9 Å². The van der Waals surface area contributed by atoms with E-state index in [1.807, 2.05) is 11.8 Å². The summed E-state index contributed by atoms with van der Waals surface area (Å²) in [5.41, 5.74) is 0.753. The van der Waals surface area contributed by atoms with Gasteiger partial charge in [0.05, 0.1) is 18.9 Å². The molecule has 1 aliphatic heterocycles. The number of likely N-dealkylation sites (tertiary alicyclic amines) is 1. The van der Waals surface area contributed by atoms with Crippen molar-refractivity contribution < 1.29 is 9.53 Å². The summed E-state index contributed by atoms with van der Waals surface area (Å²) in [6.07, 6.45) is 3.95. The SMILES string of the molecule is Cc1nc(Br)cnc1OC1CCN(C=C=O)C1. The Kier molecular flexibility index (Phi) is 3.76. The predicted molar refractivity (Wildman–Crippen MR) is 65.3 cm³/mol. The van der Waals surface area contributed by atoms with Crippen LogP contribution in [0.15, 0.2) is 17.0 Å². The fourth-order valence-electron chi connectivity index (χ4n) is 1.76. The van der Waals surface area contributed by atoms with Crippen LogP contribution < -0.4 is 4.74 Å². The van der Waals surface area contributed by atoms with Crippen LogP contribution in [0.2, 0.25) is 0 Å². The summed E-state index contributed by atoms with van der Waals surface area (Å²) < 4.78 is 6.45. The lowest BCUT2D eigenvalue weighted by molar-refractivity contribution is 0.201. The van der Waals surface area contributed by atoms with Gasteiger partial charge in [0.25, 0.3) is 0 Å². The number of halogens is 1. The first-order valence-electron chi connectivity index (χ1n) is 5.30. The van der Waals surface area contributed by atoms with Crippen molar-refractivity contribution in [2.45, 2.75) is 19.4 Å². The molecule has 1 aromatic rings. The second-order valence-electron chi connectivity index (χ2n) is 3.85. The number of nitrogens with zero attached hydrogens (tertiary/aromatic N) is 3. The zero-order valence-electron chi connectivity index (χ0n) is 9.39. The van der Waals surface area contributed by atoms with E-state index in [9.17, 15) is 4.79 Å². The third-order valence-corrected chi connectivity index (χ3v) is 2.94. The van der Waals surface area contributed by atoms with Crippen LogP contribution in [0.25, 0.3) is 0 Å². The minimum atomic E-state index is 0.0498. The lowest BCUT2D eigenvalue weighted by Gasteiger charge is -2.14. The Morgan fingerprint density at radius 2 is 2.53 bits per heavy atom. The largest absolute Gasteiger partial charge is 0.471 e. The first kappa shape index (κ1) is 12.1. The van der Waals surface area contributed by atoms with E-state index in [1.165, 1.54) is 6.20 Å². The summed E-state index contributed by atoms with van der Waals surface area (Å²) in [5, 5.41) is 0. The molecule has 0 amide bonds. The number of rotatable bonds is 3. The quantitative estimate of drug-likeness (QED) is 0.788. The van der Waals surface area contributed by atoms with Crippen molar-refractivity contribution in [2.75, 3.05) is 13.1 Å². The van der Waals surface area contributed by atoms with Gasteiger partial charge in [-0.2, -0.15) is 0 Å². The van der Waals surface area contributed by atoms with Crippen molar-refractivity contribution in [3.8, 4) is 5.88 Å². The van der Waals surface area contributed by atoms with Crippen molar-refractivity contribution in [3.05, 3.63) is 22.7 Å². The van der Waals surface area contributed by atoms with Crippen LogP contribution in [-0.2, 0) is 4.79 Å². The molecule has 1 aromatic heterocycles. The number of ether oxygens (including phenoxy) is 1. The Balaban J connectivity index is 2.00. The van der Waals surface area contributed by atoms with Gasteiger partial charge in [0.2, 0.25) is 5.88 Å². The molecule has 0 bridgehead atoms. The Morgan fingerprint density at radius 1 is 1.71 bits per heavy atom. The minimum absolute atomic E-state index is 0.0498. The number of carbonyl (C=O) groups excluding carboxylic acids is 1. The van der Waals surface area contributed by atoms with E-state index in [-0.39, 0.29) is 6.10 Å². The van der Waals surface area contributed by atoms with Crippen LogP contribution in [0.5, 0.6) is 5.88 Å². The highest BCUT2D eigenvalue weighted by molar-refractivity contribution is 9.10. The zero-order valence-corrected chi connectivity index (χ0v) is 11.0. The molecule has 1 unspecified atom stereocenters. The molecule has 0 N–H and O–H groups in total. The van der Waals surface area contributed by atoms with Gasteiger partial charge >= 0.3 is 0 Å². The highest BCUT2D eigenvalue weighted by Crippen LogP contribution is 2.20. The van der Waals surface area contributed by atoms with Crippen molar-refractivity contribution in [2.24, 2.45) is 0 Å². The van der Waals surface area contributed by atoms with Gasteiger partial charge in [0.1, 0.15) is 22.3 Å². The third-order valence-electron chi connectivity index (χ3n) is 2.56. The van der Waals surface area contributed by atoms with Gasteiger partial charge in [0, 0.05) is 13.0 Å². The molecule has 2 rings (SSSR count). The Labute approximate surface area is 108 Å². The molecule has 0 radical (unpaired) electrons. The summed E-state index contributed by atoms with van der Waals surface area (Å²) in [6.45, 7) is 3.35. The number of hydrogen-bond acceptors (Lipinski definition) is 5. The van der Waals surface area contributed by atoms with Crippen molar-refractivity contribution in [1.82, 2.24) is 14.9 Å². The van der Waals surface area contributed by atoms with E-state index in [4.69, 9.17) is 4.74 Å². The summed E-state index contributed by atoms with van der Waals surface area (Å²) in [7, 11) is 0. The van der Waals surface area contributed by atoms with Crippen LogP contribution in [0.1, 0.15) is 12.1 Å². The molecule has 0 aliphatic carbocycles. The zero-order chi connectivity index (χ0) is 12.3. The van der Waals surface area contributed by atoms with Crippen LogP contribution >= 0.6 is 15.9 Å². The van der Waals surface area contributed by atoms with E-state index < -0.39 is 0 Å². The summed E-state index contributed by atoms with van der Waals surface area (Å²) in [4.78, 5) is 20.5. The average molecular weight is 298 g/mol. The van der Waals surface area contributed by atoms with Crippen LogP contribution in [0.3, 0.4) is 0 Å². The average Bonchev–Trinajstić information content (AvgIpc) is 2.71. The summed E-state index contributed by atoms with van der Waals surface area (Å²) in [6, 6.07) is 0. The maximum atomic E-state index is 10.2. The van der Waals surface area contributed by atoms with Gasteiger partial charge in [-0.15, -0.1) is 0 Å². The summed E-state index contributed by atoms with van der Waals surface area (Å²) in [5.74, 6) is 2.33. The summed E-state index contributed by atoms with van der Waals surface area (Å²) >= 11 is 3.25. The molecule has 0 saturated carbocycles. The van der Waals surface area contributed by atoms with Crippen LogP contribution in [0.4, 0.5) is 0 Å². The van der Waals surface area contributed by atoms with Gasteiger partial charge in [0.15, 0.2) is 0 Å². The smallest absolute Gasteiger partial charge is 0.235 e. The number of aromatic nitrogens is 2. The van der Waals surface area contributed by atoms with Gasteiger partial charge in [-0.25, -0.2) is 14.8 Å². The Bertz CT molecular complexity index is 460. The van der Waals surface area contributed by atoms with E-state index in [0.29, 0.717) is 17.0 Å². The molecule has 1 saturated heterocycles. The standard InChI is InChI=1S/C11H12BrN3O2/c1-8-11(13-6-10(12)14-8)17-9-2-3-15(7-9)4-5-16/h4,6,9H,2-3,7H2,1H3. The molecule has 1 atom stereocenters. The lowest BCUT2D eigenvalue weighted by atomic mass is 10.3. The molecule has 17 heavy (non-hydrogen) atoms. The van der Waals surface area contributed by atoms with E-state index in [1.54, 1.807) is 12.1 Å². The molecule has 2 heterocycles. The van der Waals surface area contributed by atoms with Gasteiger partial charge in [-0.3, -0.25) is 0 Å². The van der Waals surface area contributed by atoms with Crippen LogP contribution in [0, 0.1) is 6.92 Å². The highest BCUT2D eigenvalue weighted by atomic mass is 79.9. The van der Waals surface area contributed by atoms with Crippen molar-refractivity contribution >= 4 is 21.9 Å². The molecule has 90 valence electrons. The van der Waals surface area contributed by atoms with Gasteiger partial charge in [-0.05, 0) is 22.9 Å². The van der Waals surface area contributed by atoms with Crippen LogP contribution in [-0.4, -0.2) is 40.0 Å². The predicted octanol–water partition coefficient (Wildman–Crippen LogP) is 1.35. The van der Waals surface area contributed by atoms with Crippen molar-refractivity contribution in [1.29, 1.82) is 0 Å². The fourth-order valence-corrected chi connectivity index (χ4v) is 2.13.